The van der Waals surface area contributed by atoms with E-state index in [4.69, 9.17) is 14.2 Å². The van der Waals surface area contributed by atoms with Gasteiger partial charge in [0, 0.05) is 18.0 Å². The summed E-state index contributed by atoms with van der Waals surface area (Å²) in [5, 5.41) is 12.3. The molecule has 3 rings (SSSR count). The zero-order valence-corrected chi connectivity index (χ0v) is 18.7. The Kier molecular flexibility index (Phi) is 6.05. The van der Waals surface area contributed by atoms with Gasteiger partial charge >= 0.3 is 12.1 Å². The molecule has 0 aliphatic carbocycles. The minimum Gasteiger partial charge on any atom is -0.487 e. The highest BCUT2D eigenvalue weighted by molar-refractivity contribution is 5.71. The van der Waals surface area contributed by atoms with Crippen molar-refractivity contribution in [2.24, 2.45) is 11.8 Å². The lowest BCUT2D eigenvalue weighted by atomic mass is 9.72. The molecule has 1 amide bonds. The first kappa shape index (κ1) is 22.4. The molecule has 1 fully saturated rings. The van der Waals surface area contributed by atoms with Gasteiger partial charge in [-0.05, 0) is 72.1 Å². The van der Waals surface area contributed by atoms with Crippen LogP contribution < -0.4 is 10.1 Å². The summed E-state index contributed by atoms with van der Waals surface area (Å²) in [7, 11) is 0. The first-order chi connectivity index (χ1) is 13.9. The lowest BCUT2D eigenvalue weighted by Crippen LogP contribution is -2.51. The number of hydrogen-bond acceptors (Lipinski definition) is 5. The third-order valence-electron chi connectivity index (χ3n) is 5.85. The molecule has 0 spiro atoms. The van der Waals surface area contributed by atoms with Crippen LogP contribution in [0.3, 0.4) is 0 Å². The highest BCUT2D eigenvalue weighted by Gasteiger charge is 2.51. The van der Waals surface area contributed by atoms with E-state index in [-0.39, 0.29) is 18.1 Å². The molecule has 0 radical (unpaired) electrons. The van der Waals surface area contributed by atoms with Gasteiger partial charge in [-0.2, -0.15) is 0 Å². The number of hydrogen-bond donors (Lipinski definition) is 2. The van der Waals surface area contributed by atoms with Crippen LogP contribution in [0.4, 0.5) is 4.79 Å². The molecule has 2 N–H and O–H groups in total. The molecule has 2 heterocycles. The van der Waals surface area contributed by atoms with E-state index in [1.165, 1.54) is 0 Å². The fraction of sp³-hybridized carbons (Fsp3) is 0.652. The molecular formula is C23H33NO6. The van der Waals surface area contributed by atoms with Crippen LogP contribution in [-0.2, 0) is 20.7 Å². The predicted molar refractivity (Wildman–Crippen MR) is 112 cm³/mol. The molecule has 1 saturated heterocycles. The molecule has 0 aromatic heterocycles. The summed E-state index contributed by atoms with van der Waals surface area (Å²) in [4.78, 5) is 23.5. The van der Waals surface area contributed by atoms with Gasteiger partial charge in [0.1, 0.15) is 17.0 Å². The second-order valence-electron chi connectivity index (χ2n) is 9.81. The van der Waals surface area contributed by atoms with Crippen molar-refractivity contribution < 1.29 is 28.9 Å². The van der Waals surface area contributed by atoms with Gasteiger partial charge in [-0.25, -0.2) is 4.79 Å². The molecule has 1 aromatic rings. The van der Waals surface area contributed by atoms with Crippen molar-refractivity contribution in [1.29, 1.82) is 0 Å². The van der Waals surface area contributed by atoms with Crippen LogP contribution >= 0.6 is 0 Å². The first-order valence-electron chi connectivity index (χ1n) is 10.5. The fourth-order valence-corrected chi connectivity index (χ4v) is 4.30. The smallest absolute Gasteiger partial charge is 0.407 e. The number of carboxylic acids is 1. The number of rotatable bonds is 4. The van der Waals surface area contributed by atoms with Gasteiger partial charge in [-0.1, -0.05) is 6.07 Å². The zero-order valence-electron chi connectivity index (χ0n) is 18.7. The summed E-state index contributed by atoms with van der Waals surface area (Å²) >= 11 is 0. The lowest BCUT2D eigenvalue weighted by Gasteiger charge is -2.50. The normalized spacial score (nSPS) is 27.3. The van der Waals surface area contributed by atoms with Crippen molar-refractivity contribution in [3.63, 3.8) is 0 Å². The third kappa shape index (κ3) is 4.89. The summed E-state index contributed by atoms with van der Waals surface area (Å²) in [5.41, 5.74) is 0.941. The van der Waals surface area contributed by atoms with Crippen molar-refractivity contribution in [3.05, 3.63) is 29.3 Å². The van der Waals surface area contributed by atoms with Crippen LogP contribution in [0.5, 0.6) is 5.75 Å². The van der Waals surface area contributed by atoms with Crippen molar-refractivity contribution in [2.45, 2.75) is 77.8 Å². The lowest BCUT2D eigenvalue weighted by molar-refractivity contribution is -0.183. The van der Waals surface area contributed by atoms with Crippen LogP contribution in [-0.4, -0.2) is 41.0 Å². The minimum atomic E-state index is -0.829. The third-order valence-corrected chi connectivity index (χ3v) is 5.85. The van der Waals surface area contributed by atoms with Crippen molar-refractivity contribution in [2.75, 3.05) is 6.54 Å². The molecule has 0 bridgehead atoms. The Bertz CT molecular complexity index is 812. The van der Waals surface area contributed by atoms with Crippen LogP contribution in [0, 0.1) is 11.8 Å². The SMILES string of the molecule is C[C@H]1O[C@H]2c3cc(CCNC(=O)OC(C)(C)C)ccc3OC(C)(C)[C@@H]2C[C@@H]1C(=O)O. The zero-order chi connectivity index (χ0) is 22.3. The van der Waals surface area contributed by atoms with Crippen LogP contribution in [0.25, 0.3) is 0 Å². The summed E-state index contributed by atoms with van der Waals surface area (Å²) in [5.74, 6) is -0.662. The Balaban J connectivity index is 1.74. The summed E-state index contributed by atoms with van der Waals surface area (Å²) in [6.07, 6.45) is 0.129. The first-order valence-corrected chi connectivity index (χ1v) is 10.5. The van der Waals surface area contributed by atoms with Crippen molar-refractivity contribution in [1.82, 2.24) is 5.32 Å². The van der Waals surface area contributed by atoms with E-state index in [1.807, 2.05) is 59.7 Å². The Hall–Kier alpha value is -2.28. The van der Waals surface area contributed by atoms with Gasteiger partial charge in [-0.3, -0.25) is 4.79 Å². The number of carbonyl (C=O) groups is 2. The molecule has 0 saturated carbocycles. The van der Waals surface area contributed by atoms with E-state index in [0.29, 0.717) is 19.4 Å². The van der Waals surface area contributed by atoms with E-state index in [2.05, 4.69) is 5.32 Å². The molecule has 1 aromatic carbocycles. The molecule has 7 nitrogen and oxygen atoms in total. The number of alkyl carbamates (subject to hydrolysis) is 1. The largest absolute Gasteiger partial charge is 0.487 e. The van der Waals surface area contributed by atoms with Gasteiger partial charge in [0.15, 0.2) is 0 Å². The van der Waals surface area contributed by atoms with Gasteiger partial charge in [-0.15, -0.1) is 0 Å². The molecule has 7 heteroatoms. The maximum absolute atomic E-state index is 11.8. The minimum absolute atomic E-state index is 0.0579. The average Bonchev–Trinajstić information content (AvgIpc) is 2.59. The quantitative estimate of drug-likeness (QED) is 0.763. The number of carboxylic acid groups (broad SMARTS) is 1. The van der Waals surface area contributed by atoms with E-state index < -0.39 is 29.2 Å². The second-order valence-corrected chi connectivity index (χ2v) is 9.81. The van der Waals surface area contributed by atoms with E-state index in [1.54, 1.807) is 0 Å². The molecule has 2 aliphatic rings. The van der Waals surface area contributed by atoms with E-state index in [0.717, 1.165) is 16.9 Å². The molecule has 4 atom stereocenters. The monoisotopic (exact) mass is 419 g/mol. The van der Waals surface area contributed by atoms with Crippen molar-refractivity contribution in [3.8, 4) is 5.75 Å². The Morgan fingerprint density at radius 2 is 2.00 bits per heavy atom. The number of aliphatic carboxylic acids is 1. The Morgan fingerprint density at radius 3 is 2.63 bits per heavy atom. The molecule has 166 valence electrons. The predicted octanol–water partition coefficient (Wildman–Crippen LogP) is 4.09. The van der Waals surface area contributed by atoms with Gasteiger partial charge in [0.2, 0.25) is 0 Å². The standard InChI is InChI=1S/C23H33NO6/c1-13-15(20(25)26)12-17-19(28-13)16-11-14(7-8-18(16)29-23(17,5)6)9-10-24-21(27)30-22(2,3)4/h7-8,11,13,15,17,19H,9-10,12H2,1-6H3,(H,24,27)(H,25,26)/t13-,15+,17-,19+/m1/s1. The van der Waals surface area contributed by atoms with E-state index in [9.17, 15) is 14.7 Å². The highest BCUT2D eigenvalue weighted by atomic mass is 16.6. The Labute approximate surface area is 178 Å². The second kappa shape index (κ2) is 8.10. The fourth-order valence-electron chi connectivity index (χ4n) is 4.30. The average molecular weight is 420 g/mol. The van der Waals surface area contributed by atoms with Crippen LogP contribution in [0.1, 0.15) is 65.2 Å². The molecule has 0 unspecified atom stereocenters. The molecule has 30 heavy (non-hydrogen) atoms. The summed E-state index contributed by atoms with van der Waals surface area (Å²) < 4.78 is 17.7. The van der Waals surface area contributed by atoms with Gasteiger partial charge in [0.25, 0.3) is 0 Å². The van der Waals surface area contributed by atoms with Crippen LogP contribution in [0.15, 0.2) is 18.2 Å². The number of ether oxygens (including phenoxy) is 3. The topological polar surface area (TPSA) is 94.1 Å². The van der Waals surface area contributed by atoms with Crippen molar-refractivity contribution >= 4 is 12.1 Å². The Morgan fingerprint density at radius 1 is 1.30 bits per heavy atom. The maximum Gasteiger partial charge on any atom is 0.407 e. The summed E-state index contributed by atoms with van der Waals surface area (Å²) in [6, 6.07) is 5.97. The summed E-state index contributed by atoms with van der Waals surface area (Å²) in [6.45, 7) is 11.7. The van der Waals surface area contributed by atoms with Gasteiger partial charge < -0.3 is 24.6 Å². The molecule has 2 aliphatic heterocycles. The number of amides is 1. The molecular weight excluding hydrogens is 386 g/mol. The van der Waals surface area contributed by atoms with Gasteiger partial charge in [0.05, 0.1) is 18.1 Å². The van der Waals surface area contributed by atoms with E-state index >= 15 is 0 Å². The number of benzene rings is 1. The van der Waals surface area contributed by atoms with Crippen LogP contribution in [0.2, 0.25) is 0 Å². The highest BCUT2D eigenvalue weighted by Crippen LogP contribution is 2.52. The maximum atomic E-state index is 11.8. The number of fused-ring (bicyclic) bond motifs is 3. The number of nitrogens with one attached hydrogen (secondary N) is 1. The number of carbonyl (C=O) groups excluding carboxylic acids is 1.